The average Bonchev–Trinajstić information content (AvgIpc) is 3.29. The third-order valence-corrected chi connectivity index (χ3v) is 11.6. The van der Waals surface area contributed by atoms with Crippen LogP contribution in [0.1, 0.15) is 115 Å². The van der Waals surface area contributed by atoms with Crippen LogP contribution in [0.2, 0.25) is 0 Å². The Labute approximate surface area is 389 Å². The van der Waals surface area contributed by atoms with Crippen LogP contribution in [-0.4, -0.2) is 130 Å². The highest BCUT2D eigenvalue weighted by molar-refractivity contribution is 6.38. The van der Waals surface area contributed by atoms with Crippen LogP contribution >= 0.6 is 0 Å². The molecule has 2 aliphatic rings. The lowest BCUT2D eigenvalue weighted by Crippen LogP contribution is -2.62. The molecule has 1 aromatic rings. The number of carbonyl (C=O) groups is 11. The van der Waals surface area contributed by atoms with Crippen molar-refractivity contribution < 1.29 is 67.7 Å². The zero-order valence-corrected chi connectivity index (χ0v) is 38.6. The van der Waals surface area contributed by atoms with Gasteiger partial charge in [-0.3, -0.25) is 52.7 Å². The molecule has 6 atom stereocenters. The first kappa shape index (κ1) is 54.7. The van der Waals surface area contributed by atoms with E-state index in [4.69, 9.17) is 9.84 Å². The number of ether oxygens (including phenoxy) is 1. The number of carbonyl (C=O) groups excluding carboxylic acids is 9. The number of Topliss-reactive ketones (excluding diaryl/α,β-unsaturated/α-hetero) is 1. The highest BCUT2D eigenvalue weighted by atomic mass is 16.5. The molecule has 368 valence electrons. The molecule has 21 heteroatoms. The van der Waals surface area contributed by atoms with Gasteiger partial charge in [-0.05, 0) is 61.5 Å². The Hall–Kier alpha value is -6.67. The maximum Gasteiger partial charge on any atom is 0.325 e. The van der Waals surface area contributed by atoms with Gasteiger partial charge in [0, 0.05) is 26.3 Å². The molecular weight excluding hydrogens is 875 g/mol. The Morgan fingerprint density at radius 2 is 1.40 bits per heavy atom. The van der Waals surface area contributed by atoms with Crippen molar-refractivity contribution in [1.29, 1.82) is 0 Å². The maximum atomic E-state index is 15.1. The number of hydrogen-bond donors (Lipinski definition) is 8. The highest BCUT2D eigenvalue weighted by Gasteiger charge is 2.44. The van der Waals surface area contributed by atoms with Crippen LogP contribution in [0.15, 0.2) is 36.9 Å². The van der Waals surface area contributed by atoms with Crippen molar-refractivity contribution in [3.63, 3.8) is 0 Å². The molecule has 7 amide bonds. The molecule has 0 spiro atoms. The number of nitrogens with one attached hydrogen (secondary N) is 6. The zero-order valence-electron chi connectivity index (χ0n) is 38.6. The summed E-state index contributed by atoms with van der Waals surface area (Å²) in [6.45, 7) is 8.87. The van der Waals surface area contributed by atoms with E-state index in [0.717, 1.165) is 31.7 Å². The first-order chi connectivity index (χ1) is 31.8. The second-order valence-electron chi connectivity index (χ2n) is 17.0. The minimum Gasteiger partial charge on any atom is -0.481 e. The average molecular weight is 940 g/mol. The van der Waals surface area contributed by atoms with Gasteiger partial charge in [-0.2, -0.15) is 0 Å². The first-order valence-corrected chi connectivity index (χ1v) is 22.7. The number of ketones is 1. The molecule has 1 heterocycles. The fourth-order valence-electron chi connectivity index (χ4n) is 8.15. The predicted molar refractivity (Wildman–Crippen MR) is 239 cm³/mol. The summed E-state index contributed by atoms with van der Waals surface area (Å²) in [5, 5.41) is 33.7. The molecule has 1 aliphatic heterocycles. The van der Waals surface area contributed by atoms with Crippen LogP contribution in [0.3, 0.4) is 0 Å². The molecule has 1 aliphatic carbocycles. The SMILES string of the molecule is C=CCOC(=O)CNC(=O)C(=O)C(CCC)NC(=O)[C@@H]1c2ccccc2CCN1C(=O)C(NC(=O)C(NC(=O)C(CCC(=O)O)NC(=O)C(CCC(=O)O)NC(C)=O)C(C)C)C1CCCCC1. The van der Waals surface area contributed by atoms with Crippen molar-refractivity contribution in [2.75, 3.05) is 19.7 Å². The lowest BCUT2D eigenvalue weighted by molar-refractivity contribution is -0.147. The second-order valence-corrected chi connectivity index (χ2v) is 17.0. The summed E-state index contributed by atoms with van der Waals surface area (Å²) < 4.78 is 4.85. The van der Waals surface area contributed by atoms with E-state index in [1.807, 2.05) is 6.07 Å². The molecule has 1 saturated carbocycles. The van der Waals surface area contributed by atoms with E-state index in [0.29, 0.717) is 31.2 Å². The third-order valence-electron chi connectivity index (χ3n) is 11.6. The summed E-state index contributed by atoms with van der Waals surface area (Å²) in [4.78, 5) is 145. The largest absolute Gasteiger partial charge is 0.481 e. The molecule has 3 rings (SSSR count). The van der Waals surface area contributed by atoms with E-state index >= 15 is 4.79 Å². The van der Waals surface area contributed by atoms with Crippen molar-refractivity contribution in [2.45, 2.75) is 141 Å². The van der Waals surface area contributed by atoms with Gasteiger partial charge in [0.25, 0.3) is 5.91 Å². The van der Waals surface area contributed by atoms with E-state index in [1.54, 1.807) is 39.0 Å². The van der Waals surface area contributed by atoms with Crippen molar-refractivity contribution in [1.82, 2.24) is 36.8 Å². The highest BCUT2D eigenvalue weighted by Crippen LogP contribution is 2.34. The molecule has 0 saturated heterocycles. The number of esters is 1. The topological polar surface area (TPSA) is 313 Å². The van der Waals surface area contributed by atoms with Crippen molar-refractivity contribution in [3.05, 3.63) is 48.0 Å². The van der Waals surface area contributed by atoms with Crippen LogP contribution in [0.4, 0.5) is 0 Å². The Balaban J connectivity index is 1.94. The number of amides is 7. The molecule has 5 unspecified atom stereocenters. The van der Waals surface area contributed by atoms with Crippen LogP contribution in [0, 0.1) is 11.8 Å². The smallest absolute Gasteiger partial charge is 0.325 e. The normalized spacial score (nSPS) is 16.9. The molecule has 67 heavy (non-hydrogen) atoms. The van der Waals surface area contributed by atoms with Gasteiger partial charge in [0.2, 0.25) is 41.2 Å². The van der Waals surface area contributed by atoms with Crippen molar-refractivity contribution >= 4 is 65.0 Å². The lowest BCUT2D eigenvalue weighted by Gasteiger charge is -2.41. The van der Waals surface area contributed by atoms with Crippen LogP contribution < -0.4 is 31.9 Å². The summed E-state index contributed by atoms with van der Waals surface area (Å²) in [5.41, 5.74) is 1.23. The summed E-state index contributed by atoms with van der Waals surface area (Å²) in [7, 11) is 0. The van der Waals surface area contributed by atoms with Gasteiger partial charge in [0.05, 0.1) is 6.04 Å². The molecule has 1 fully saturated rings. The van der Waals surface area contributed by atoms with Crippen LogP contribution in [0.5, 0.6) is 0 Å². The van der Waals surface area contributed by atoms with Gasteiger partial charge < -0.3 is 51.8 Å². The fraction of sp³-hybridized carbons (Fsp3) is 0.587. The van der Waals surface area contributed by atoms with Crippen molar-refractivity contribution in [3.8, 4) is 0 Å². The molecule has 0 bridgehead atoms. The van der Waals surface area contributed by atoms with Gasteiger partial charge in [-0.1, -0.05) is 83.4 Å². The van der Waals surface area contributed by atoms with Gasteiger partial charge in [0.15, 0.2) is 0 Å². The number of nitrogens with zero attached hydrogens (tertiary/aromatic N) is 1. The van der Waals surface area contributed by atoms with E-state index in [9.17, 15) is 53.1 Å². The van der Waals surface area contributed by atoms with Gasteiger partial charge in [0.1, 0.15) is 43.4 Å². The Kier molecular flexibility index (Phi) is 22.1. The fourth-order valence-corrected chi connectivity index (χ4v) is 8.15. The minimum absolute atomic E-state index is 0.0357. The van der Waals surface area contributed by atoms with Crippen molar-refractivity contribution in [2.24, 2.45) is 11.8 Å². The van der Waals surface area contributed by atoms with Gasteiger partial charge in [-0.15, -0.1) is 0 Å². The number of carboxylic acid groups (broad SMARTS) is 2. The number of carboxylic acids is 2. The molecule has 0 aromatic heterocycles. The van der Waals surface area contributed by atoms with E-state index in [-0.39, 0.29) is 26.0 Å². The van der Waals surface area contributed by atoms with Gasteiger partial charge in [-0.25, -0.2) is 0 Å². The van der Waals surface area contributed by atoms with E-state index in [2.05, 4.69) is 38.5 Å². The predicted octanol–water partition coefficient (Wildman–Crippen LogP) is 0.737. The molecule has 1 aromatic carbocycles. The maximum absolute atomic E-state index is 15.1. The Morgan fingerprint density at radius 3 is 1.99 bits per heavy atom. The summed E-state index contributed by atoms with van der Waals surface area (Å²) in [6.07, 6.45) is 3.68. The first-order valence-electron chi connectivity index (χ1n) is 22.7. The van der Waals surface area contributed by atoms with E-state index < -0.39 is 139 Å². The number of rotatable bonds is 26. The van der Waals surface area contributed by atoms with Crippen LogP contribution in [-0.2, 0) is 63.9 Å². The lowest BCUT2D eigenvalue weighted by atomic mass is 9.82. The number of benzene rings is 1. The summed E-state index contributed by atoms with van der Waals surface area (Å²) >= 11 is 0. The standard InChI is InChI=1S/C46H65N7O14/c1-6-13-31(40(60)45(65)47-25-36(59)67-24-7-2)49-44(64)39-30-17-12-11-14-28(30)22-23-53(39)46(66)38(29-15-9-8-10-16-29)52-43(63)37(26(3)4)51-42(62)33(19-21-35(57)58)50-41(61)32(48-27(5)54)18-20-34(55)56/h7,11-12,14,17,26,29,31-33,37-39H,2,6,8-10,13,15-16,18-25H2,1,3-5H3,(H,47,65)(H,48,54)(H,49,64)(H,50,61)(H,51,62)(H,52,63)(H,55,56)(H,57,58)/t31?,32?,33?,37?,38?,39-/m0/s1. The summed E-state index contributed by atoms with van der Waals surface area (Å²) in [6, 6.07) is -1.15. The Morgan fingerprint density at radius 1 is 0.791 bits per heavy atom. The summed E-state index contributed by atoms with van der Waals surface area (Å²) in [5.74, 6) is -11.2. The number of hydrogen-bond acceptors (Lipinski definition) is 12. The monoisotopic (exact) mass is 939 g/mol. The Bertz CT molecular complexity index is 2000. The number of aliphatic carboxylic acids is 2. The number of fused-ring (bicyclic) bond motifs is 1. The zero-order chi connectivity index (χ0) is 49.8. The molecule has 0 radical (unpaired) electrons. The van der Waals surface area contributed by atoms with Gasteiger partial charge >= 0.3 is 17.9 Å². The molecular formula is C46H65N7O14. The third kappa shape index (κ3) is 16.9. The van der Waals surface area contributed by atoms with E-state index in [1.165, 1.54) is 11.0 Å². The molecule has 8 N–H and O–H groups in total. The van der Waals surface area contributed by atoms with Crippen LogP contribution in [0.25, 0.3) is 0 Å². The second kappa shape index (κ2) is 27.1. The minimum atomic E-state index is -1.55. The quantitative estimate of drug-likeness (QED) is 0.0361. The molecule has 21 nitrogen and oxygen atoms in total.